The summed E-state index contributed by atoms with van der Waals surface area (Å²) in [6.07, 6.45) is 2.15. The SMILES string of the molecule is CC/C(=N\NC(=O)c1ccco1)c1ccc(OC)cc1. The number of furan rings is 1. The minimum Gasteiger partial charge on any atom is -0.497 e. The van der Waals surface area contributed by atoms with Crippen LogP contribution in [0.1, 0.15) is 29.5 Å². The summed E-state index contributed by atoms with van der Waals surface area (Å²) in [6, 6.07) is 10.8. The summed E-state index contributed by atoms with van der Waals surface area (Å²) in [4.78, 5) is 11.7. The molecule has 1 aromatic heterocycles. The molecule has 0 spiro atoms. The molecule has 0 atom stereocenters. The Labute approximate surface area is 117 Å². The van der Waals surface area contributed by atoms with Crippen molar-refractivity contribution < 1.29 is 13.9 Å². The number of rotatable bonds is 5. The van der Waals surface area contributed by atoms with Crippen LogP contribution in [0.4, 0.5) is 0 Å². The molecule has 1 aromatic carbocycles. The number of carbonyl (C=O) groups excluding carboxylic acids is 1. The van der Waals surface area contributed by atoms with Crippen LogP contribution in [0.2, 0.25) is 0 Å². The van der Waals surface area contributed by atoms with E-state index in [1.54, 1.807) is 19.2 Å². The van der Waals surface area contributed by atoms with Crippen LogP contribution in [0.5, 0.6) is 5.75 Å². The number of hydrazone groups is 1. The number of hydrogen-bond acceptors (Lipinski definition) is 4. The summed E-state index contributed by atoms with van der Waals surface area (Å²) in [6.45, 7) is 1.97. The van der Waals surface area contributed by atoms with Gasteiger partial charge in [-0.2, -0.15) is 5.10 Å². The molecule has 2 rings (SSSR count). The number of methoxy groups -OCH3 is 1. The summed E-state index contributed by atoms with van der Waals surface area (Å²) in [5.74, 6) is 0.650. The maximum absolute atomic E-state index is 11.7. The van der Waals surface area contributed by atoms with Crippen LogP contribution in [-0.4, -0.2) is 18.7 Å². The molecule has 0 aliphatic heterocycles. The van der Waals surface area contributed by atoms with E-state index in [9.17, 15) is 4.79 Å². The van der Waals surface area contributed by atoms with E-state index >= 15 is 0 Å². The van der Waals surface area contributed by atoms with Crippen molar-refractivity contribution in [1.29, 1.82) is 0 Å². The highest BCUT2D eigenvalue weighted by atomic mass is 16.5. The molecule has 0 unspecified atom stereocenters. The highest BCUT2D eigenvalue weighted by molar-refractivity contribution is 6.01. The van der Waals surface area contributed by atoms with Gasteiger partial charge in [0.05, 0.1) is 19.1 Å². The van der Waals surface area contributed by atoms with E-state index in [2.05, 4.69) is 10.5 Å². The van der Waals surface area contributed by atoms with Gasteiger partial charge >= 0.3 is 5.91 Å². The predicted molar refractivity (Wildman–Crippen MR) is 76.0 cm³/mol. The van der Waals surface area contributed by atoms with Gasteiger partial charge in [-0.1, -0.05) is 6.92 Å². The lowest BCUT2D eigenvalue weighted by atomic mass is 10.1. The Bertz CT molecular complexity index is 586. The molecule has 5 nitrogen and oxygen atoms in total. The monoisotopic (exact) mass is 272 g/mol. The quantitative estimate of drug-likeness (QED) is 0.672. The van der Waals surface area contributed by atoms with Crippen LogP contribution in [0.3, 0.4) is 0 Å². The van der Waals surface area contributed by atoms with Crippen LogP contribution >= 0.6 is 0 Å². The Morgan fingerprint density at radius 3 is 2.60 bits per heavy atom. The van der Waals surface area contributed by atoms with Crippen LogP contribution in [0.15, 0.2) is 52.2 Å². The molecule has 2 aromatic rings. The lowest BCUT2D eigenvalue weighted by Gasteiger charge is -2.06. The predicted octanol–water partition coefficient (Wildman–Crippen LogP) is 2.83. The third kappa shape index (κ3) is 3.26. The first-order valence-corrected chi connectivity index (χ1v) is 6.29. The van der Waals surface area contributed by atoms with Gasteiger partial charge in [0.2, 0.25) is 0 Å². The Morgan fingerprint density at radius 1 is 1.30 bits per heavy atom. The summed E-state index contributed by atoms with van der Waals surface area (Å²) >= 11 is 0. The highest BCUT2D eigenvalue weighted by Crippen LogP contribution is 2.13. The minimum absolute atomic E-state index is 0.235. The van der Waals surface area contributed by atoms with E-state index in [1.807, 2.05) is 31.2 Å². The Balaban J connectivity index is 2.10. The lowest BCUT2D eigenvalue weighted by Crippen LogP contribution is -2.19. The zero-order valence-electron chi connectivity index (χ0n) is 11.4. The third-order valence-electron chi connectivity index (χ3n) is 2.80. The van der Waals surface area contributed by atoms with E-state index in [-0.39, 0.29) is 11.7 Å². The van der Waals surface area contributed by atoms with Gasteiger partial charge in [0.1, 0.15) is 5.75 Å². The van der Waals surface area contributed by atoms with E-state index in [0.717, 1.165) is 17.0 Å². The van der Waals surface area contributed by atoms with Crippen molar-refractivity contribution in [2.45, 2.75) is 13.3 Å². The van der Waals surface area contributed by atoms with E-state index in [1.165, 1.54) is 6.26 Å². The molecule has 1 amide bonds. The van der Waals surface area contributed by atoms with Gasteiger partial charge in [0, 0.05) is 0 Å². The fourth-order valence-electron chi connectivity index (χ4n) is 1.71. The molecule has 0 saturated heterocycles. The molecule has 0 aliphatic carbocycles. The highest BCUT2D eigenvalue weighted by Gasteiger charge is 2.08. The van der Waals surface area contributed by atoms with Gasteiger partial charge in [0.15, 0.2) is 5.76 Å². The average molecular weight is 272 g/mol. The lowest BCUT2D eigenvalue weighted by molar-refractivity contribution is 0.0927. The number of nitrogens with zero attached hydrogens (tertiary/aromatic N) is 1. The van der Waals surface area contributed by atoms with Gasteiger partial charge in [0.25, 0.3) is 0 Å². The summed E-state index contributed by atoms with van der Waals surface area (Å²) in [5, 5.41) is 4.14. The number of nitrogens with one attached hydrogen (secondary N) is 1. The second kappa shape index (κ2) is 6.56. The molecule has 0 fully saturated rings. The number of ether oxygens (including phenoxy) is 1. The molecular formula is C15H16N2O3. The molecule has 1 N–H and O–H groups in total. The molecule has 5 heteroatoms. The third-order valence-corrected chi connectivity index (χ3v) is 2.80. The van der Waals surface area contributed by atoms with Crippen molar-refractivity contribution in [3.63, 3.8) is 0 Å². The van der Waals surface area contributed by atoms with E-state index < -0.39 is 0 Å². The maximum Gasteiger partial charge on any atom is 0.307 e. The largest absolute Gasteiger partial charge is 0.497 e. The molecule has 104 valence electrons. The smallest absolute Gasteiger partial charge is 0.307 e. The van der Waals surface area contributed by atoms with Gasteiger partial charge in [-0.05, 0) is 48.4 Å². The fraction of sp³-hybridized carbons (Fsp3) is 0.200. The van der Waals surface area contributed by atoms with Crippen molar-refractivity contribution in [3.05, 3.63) is 54.0 Å². The molecule has 0 radical (unpaired) electrons. The fourth-order valence-corrected chi connectivity index (χ4v) is 1.71. The molecule has 0 bridgehead atoms. The molecule has 0 saturated carbocycles. The van der Waals surface area contributed by atoms with Crippen molar-refractivity contribution in [2.24, 2.45) is 5.10 Å². The first-order valence-electron chi connectivity index (χ1n) is 6.29. The molecule has 20 heavy (non-hydrogen) atoms. The van der Waals surface area contributed by atoms with Crippen molar-refractivity contribution in [1.82, 2.24) is 5.43 Å². The van der Waals surface area contributed by atoms with E-state index in [0.29, 0.717) is 6.42 Å². The van der Waals surface area contributed by atoms with E-state index in [4.69, 9.17) is 9.15 Å². The topological polar surface area (TPSA) is 63.8 Å². The normalized spacial score (nSPS) is 11.2. The van der Waals surface area contributed by atoms with Crippen LogP contribution in [0.25, 0.3) is 0 Å². The van der Waals surface area contributed by atoms with Crippen LogP contribution in [0, 0.1) is 0 Å². The van der Waals surface area contributed by atoms with Crippen LogP contribution in [-0.2, 0) is 0 Å². The standard InChI is InChI=1S/C15H16N2O3/c1-3-13(11-6-8-12(19-2)9-7-11)16-17-15(18)14-5-4-10-20-14/h4-10H,3H2,1-2H3,(H,17,18)/b16-13+. The van der Waals surface area contributed by atoms with Crippen LogP contribution < -0.4 is 10.2 Å². The Kier molecular flexibility index (Phi) is 4.55. The average Bonchev–Trinajstić information content (AvgIpc) is 3.02. The Morgan fingerprint density at radius 2 is 2.05 bits per heavy atom. The zero-order valence-corrected chi connectivity index (χ0v) is 11.4. The first kappa shape index (κ1) is 13.9. The second-order valence-corrected chi connectivity index (χ2v) is 4.06. The molecule has 1 heterocycles. The van der Waals surface area contributed by atoms with Gasteiger partial charge in [-0.25, -0.2) is 5.43 Å². The minimum atomic E-state index is -0.366. The number of carbonyl (C=O) groups is 1. The maximum atomic E-state index is 11.7. The summed E-state index contributed by atoms with van der Waals surface area (Å²) < 4.78 is 10.1. The summed E-state index contributed by atoms with van der Waals surface area (Å²) in [5.41, 5.74) is 4.21. The van der Waals surface area contributed by atoms with Gasteiger partial charge < -0.3 is 9.15 Å². The van der Waals surface area contributed by atoms with Gasteiger partial charge in [-0.15, -0.1) is 0 Å². The molecule has 0 aliphatic rings. The molecular weight excluding hydrogens is 256 g/mol. The zero-order chi connectivity index (χ0) is 14.4. The Hall–Kier alpha value is -2.56. The van der Waals surface area contributed by atoms with Crippen molar-refractivity contribution in [2.75, 3.05) is 7.11 Å². The first-order chi connectivity index (χ1) is 9.74. The number of amides is 1. The number of benzene rings is 1. The summed E-state index contributed by atoms with van der Waals surface area (Å²) in [7, 11) is 1.62. The number of hydrogen-bond donors (Lipinski definition) is 1. The van der Waals surface area contributed by atoms with Crippen molar-refractivity contribution >= 4 is 11.6 Å². The second-order valence-electron chi connectivity index (χ2n) is 4.06. The van der Waals surface area contributed by atoms with Gasteiger partial charge in [-0.3, -0.25) is 4.79 Å². The van der Waals surface area contributed by atoms with Crippen molar-refractivity contribution in [3.8, 4) is 5.75 Å².